The lowest BCUT2D eigenvalue weighted by Gasteiger charge is -2.37. The number of hydrogen-bond donors (Lipinski definition) is 2. The van der Waals surface area contributed by atoms with Gasteiger partial charge in [0.25, 0.3) is 0 Å². The minimum atomic E-state index is -0.624. The van der Waals surface area contributed by atoms with Crippen LogP contribution >= 0.6 is 0 Å². The first-order valence-corrected chi connectivity index (χ1v) is 8.17. The van der Waals surface area contributed by atoms with E-state index in [9.17, 15) is 9.90 Å². The van der Waals surface area contributed by atoms with E-state index < -0.39 is 6.10 Å². The molecule has 0 fully saturated rings. The molecule has 0 aliphatic rings. The summed E-state index contributed by atoms with van der Waals surface area (Å²) in [4.78, 5) is 12.8. The average Bonchev–Trinajstić information content (AvgIpc) is 2.55. The molecular weight excluding hydrogens is 300 g/mol. The van der Waals surface area contributed by atoms with Gasteiger partial charge in [-0.15, -0.1) is 0 Å². The van der Waals surface area contributed by atoms with Crippen LogP contribution in [0.2, 0.25) is 0 Å². The van der Waals surface area contributed by atoms with Crippen molar-refractivity contribution in [3.8, 4) is 0 Å². The monoisotopic (exact) mass is 326 g/mol. The highest BCUT2D eigenvalue weighted by atomic mass is 16.3. The topological polar surface area (TPSA) is 52.6 Å². The first kappa shape index (κ1) is 18.2. The predicted molar refractivity (Wildman–Crippen MR) is 97.7 cm³/mol. The number of amides is 1. The second kappa shape index (κ2) is 8.08. The predicted octanol–water partition coefficient (Wildman–Crippen LogP) is 3.59. The summed E-state index contributed by atoms with van der Waals surface area (Å²) in [6, 6.07) is 17.6. The highest BCUT2D eigenvalue weighted by Crippen LogP contribution is 2.24. The summed E-state index contributed by atoms with van der Waals surface area (Å²) in [5.74, 6) is 0. The third-order valence-electron chi connectivity index (χ3n) is 4.06. The lowest BCUT2D eigenvalue weighted by molar-refractivity contribution is -0.105. The Labute approximate surface area is 144 Å². The van der Waals surface area contributed by atoms with Gasteiger partial charge in [0.15, 0.2) is 0 Å². The second-order valence-corrected chi connectivity index (χ2v) is 6.94. The van der Waals surface area contributed by atoms with Gasteiger partial charge < -0.3 is 10.4 Å². The number of aliphatic hydroxyl groups excluding tert-OH is 1. The van der Waals surface area contributed by atoms with Gasteiger partial charge in [0.05, 0.1) is 6.10 Å². The minimum absolute atomic E-state index is 0.0739. The molecule has 0 aromatic heterocycles. The number of carbonyl (C=O) groups excluding carboxylic acids is 1. The van der Waals surface area contributed by atoms with E-state index in [1.54, 1.807) is 6.07 Å². The van der Waals surface area contributed by atoms with Crippen LogP contribution in [-0.2, 0) is 11.3 Å². The standard InChI is InChI=1S/C20H26N2O2/c1-20(2,3)22(13-16-8-5-4-6-9-16)14-19(24)17-10-7-11-18(12-17)21-15-23/h4-12,15,19,24H,13-14H2,1-3H3,(H,21,23). The first-order chi connectivity index (χ1) is 11.4. The van der Waals surface area contributed by atoms with E-state index in [1.165, 1.54) is 5.56 Å². The number of β-amino-alcohol motifs (C(OH)–C–C–N with tert-alkyl or cyclic N) is 1. The average molecular weight is 326 g/mol. The SMILES string of the molecule is CC(C)(C)N(Cc1ccccc1)CC(O)c1cccc(NC=O)c1. The van der Waals surface area contributed by atoms with E-state index in [4.69, 9.17) is 0 Å². The number of hydrogen-bond acceptors (Lipinski definition) is 3. The third kappa shape index (κ3) is 5.18. The summed E-state index contributed by atoms with van der Waals surface area (Å²) in [6.45, 7) is 7.73. The molecule has 0 aliphatic heterocycles. The van der Waals surface area contributed by atoms with Gasteiger partial charge in [0, 0.05) is 24.3 Å². The Morgan fingerprint density at radius 2 is 1.83 bits per heavy atom. The van der Waals surface area contributed by atoms with Crippen LogP contribution in [0.15, 0.2) is 54.6 Å². The molecule has 24 heavy (non-hydrogen) atoms. The zero-order valence-electron chi connectivity index (χ0n) is 14.6. The molecule has 1 unspecified atom stereocenters. The van der Waals surface area contributed by atoms with Crippen LogP contribution in [0.25, 0.3) is 0 Å². The van der Waals surface area contributed by atoms with E-state index in [1.807, 2.05) is 36.4 Å². The molecule has 0 saturated heterocycles. The van der Waals surface area contributed by atoms with Gasteiger partial charge in [-0.2, -0.15) is 0 Å². The van der Waals surface area contributed by atoms with Crippen LogP contribution in [0.3, 0.4) is 0 Å². The molecule has 2 N–H and O–H groups in total. The molecule has 0 saturated carbocycles. The Kier molecular flexibility index (Phi) is 6.12. The second-order valence-electron chi connectivity index (χ2n) is 6.94. The summed E-state index contributed by atoms with van der Waals surface area (Å²) in [5.41, 5.74) is 2.63. The summed E-state index contributed by atoms with van der Waals surface area (Å²) in [7, 11) is 0. The number of nitrogens with one attached hydrogen (secondary N) is 1. The molecule has 4 heteroatoms. The molecule has 2 aromatic carbocycles. The fourth-order valence-corrected chi connectivity index (χ4v) is 2.60. The fourth-order valence-electron chi connectivity index (χ4n) is 2.60. The van der Waals surface area contributed by atoms with Crippen LogP contribution in [-0.4, -0.2) is 28.5 Å². The minimum Gasteiger partial charge on any atom is -0.387 e. The van der Waals surface area contributed by atoms with Crippen molar-refractivity contribution in [3.05, 3.63) is 65.7 Å². The molecular formula is C20H26N2O2. The maximum Gasteiger partial charge on any atom is 0.211 e. The van der Waals surface area contributed by atoms with E-state index in [-0.39, 0.29) is 5.54 Å². The molecule has 0 spiro atoms. The third-order valence-corrected chi connectivity index (χ3v) is 4.06. The van der Waals surface area contributed by atoms with E-state index >= 15 is 0 Å². The smallest absolute Gasteiger partial charge is 0.211 e. The highest BCUT2D eigenvalue weighted by molar-refractivity contribution is 5.71. The molecule has 2 aromatic rings. The Morgan fingerprint density at radius 3 is 2.46 bits per heavy atom. The van der Waals surface area contributed by atoms with Crippen molar-refractivity contribution in [2.24, 2.45) is 0 Å². The van der Waals surface area contributed by atoms with E-state index in [0.29, 0.717) is 18.6 Å². The van der Waals surface area contributed by atoms with Crippen LogP contribution < -0.4 is 5.32 Å². The zero-order valence-corrected chi connectivity index (χ0v) is 14.6. The first-order valence-electron chi connectivity index (χ1n) is 8.17. The molecule has 0 radical (unpaired) electrons. The number of rotatable bonds is 7. The molecule has 0 aliphatic carbocycles. The maximum absolute atomic E-state index is 10.7. The van der Waals surface area contributed by atoms with Crippen molar-refractivity contribution in [3.63, 3.8) is 0 Å². The van der Waals surface area contributed by atoms with Crippen LogP contribution in [0, 0.1) is 0 Å². The molecule has 4 nitrogen and oxygen atoms in total. The largest absolute Gasteiger partial charge is 0.387 e. The summed E-state index contributed by atoms with van der Waals surface area (Å²) in [5, 5.41) is 13.3. The van der Waals surface area contributed by atoms with E-state index in [0.717, 1.165) is 12.1 Å². The molecule has 0 heterocycles. The summed E-state index contributed by atoms with van der Waals surface area (Å²) in [6.07, 6.45) is 0.0175. The fraction of sp³-hybridized carbons (Fsp3) is 0.350. The van der Waals surface area contributed by atoms with E-state index in [2.05, 4.69) is 43.1 Å². The lowest BCUT2D eigenvalue weighted by atomic mass is 10.0. The van der Waals surface area contributed by atoms with Gasteiger partial charge in [-0.25, -0.2) is 0 Å². The Bertz CT molecular complexity index is 650. The van der Waals surface area contributed by atoms with Crippen molar-refractivity contribution < 1.29 is 9.90 Å². The molecule has 0 bridgehead atoms. The van der Waals surface area contributed by atoms with Crippen LogP contribution in [0.4, 0.5) is 5.69 Å². The van der Waals surface area contributed by atoms with Crippen molar-refractivity contribution >= 4 is 12.1 Å². The summed E-state index contributed by atoms with van der Waals surface area (Å²) >= 11 is 0. The van der Waals surface area contributed by atoms with Crippen molar-refractivity contribution in [1.82, 2.24) is 4.90 Å². The van der Waals surface area contributed by atoms with Gasteiger partial charge >= 0.3 is 0 Å². The van der Waals surface area contributed by atoms with Crippen molar-refractivity contribution in [2.75, 3.05) is 11.9 Å². The molecule has 1 amide bonds. The summed E-state index contributed by atoms with van der Waals surface area (Å²) < 4.78 is 0. The van der Waals surface area contributed by atoms with Gasteiger partial charge in [-0.05, 0) is 44.0 Å². The van der Waals surface area contributed by atoms with Crippen molar-refractivity contribution in [2.45, 2.75) is 39.0 Å². The van der Waals surface area contributed by atoms with Gasteiger partial charge in [-0.1, -0.05) is 42.5 Å². The Balaban J connectivity index is 2.13. The molecule has 2 rings (SSSR count). The number of aliphatic hydroxyl groups is 1. The molecule has 128 valence electrons. The Hall–Kier alpha value is -2.17. The number of carbonyl (C=O) groups is 1. The number of nitrogens with zero attached hydrogens (tertiary/aromatic N) is 1. The van der Waals surface area contributed by atoms with Crippen LogP contribution in [0.5, 0.6) is 0 Å². The van der Waals surface area contributed by atoms with Gasteiger partial charge in [0.2, 0.25) is 6.41 Å². The normalized spacial score (nSPS) is 12.9. The highest BCUT2D eigenvalue weighted by Gasteiger charge is 2.24. The van der Waals surface area contributed by atoms with Gasteiger partial charge in [0.1, 0.15) is 0 Å². The maximum atomic E-state index is 10.7. The van der Waals surface area contributed by atoms with Crippen LogP contribution in [0.1, 0.15) is 38.0 Å². The Morgan fingerprint density at radius 1 is 1.12 bits per heavy atom. The van der Waals surface area contributed by atoms with Crippen molar-refractivity contribution in [1.29, 1.82) is 0 Å². The quantitative estimate of drug-likeness (QED) is 0.765. The van der Waals surface area contributed by atoms with Gasteiger partial charge in [-0.3, -0.25) is 9.69 Å². The number of benzene rings is 2. The lowest BCUT2D eigenvalue weighted by Crippen LogP contribution is -2.43. The molecule has 1 atom stereocenters. The number of anilines is 1. The zero-order chi connectivity index (χ0) is 17.6.